The van der Waals surface area contributed by atoms with E-state index in [0.29, 0.717) is 0 Å². The number of anilines is 2. The SMILES string of the molecule is CC(C)(C)OC(=O)NC1(c2ccc(-c3c(-c4cnc5cc[nH]c5c4)nc4n3-c3cccnc3Nc3ccccc3-4)cc2)CCC1. The second kappa shape index (κ2) is 10.1. The molecular formula is C36H33N7O2. The van der Waals surface area contributed by atoms with Gasteiger partial charge < -0.3 is 20.4 Å². The smallest absolute Gasteiger partial charge is 0.408 e. The van der Waals surface area contributed by atoms with Gasteiger partial charge in [0, 0.05) is 35.3 Å². The largest absolute Gasteiger partial charge is 0.444 e. The fraction of sp³-hybridized carbons (Fsp3) is 0.222. The number of H-pyrrole nitrogens is 1. The van der Waals surface area contributed by atoms with E-state index in [9.17, 15) is 4.79 Å². The number of aromatic nitrogens is 5. The number of nitrogens with one attached hydrogen (secondary N) is 3. The lowest BCUT2D eigenvalue weighted by Gasteiger charge is -2.43. The normalized spacial score (nSPS) is 14.7. The van der Waals surface area contributed by atoms with E-state index in [2.05, 4.69) is 68.7 Å². The van der Waals surface area contributed by atoms with Crippen LogP contribution in [0.15, 0.2) is 91.4 Å². The number of fused-ring (bicyclic) bond motifs is 6. The van der Waals surface area contributed by atoms with Crippen molar-refractivity contribution in [3.8, 4) is 39.6 Å². The van der Waals surface area contributed by atoms with Gasteiger partial charge in [-0.25, -0.2) is 14.8 Å². The number of carbonyl (C=O) groups is 1. The summed E-state index contributed by atoms with van der Waals surface area (Å²) in [4.78, 5) is 30.9. The molecule has 1 saturated carbocycles. The Labute approximate surface area is 260 Å². The number of pyridine rings is 2. The molecule has 0 bridgehead atoms. The van der Waals surface area contributed by atoms with Crippen LogP contribution in [-0.2, 0) is 10.3 Å². The Morgan fingerprint density at radius 2 is 1.80 bits per heavy atom. The number of amides is 1. The van der Waals surface area contributed by atoms with Crippen LogP contribution in [0.3, 0.4) is 0 Å². The lowest BCUT2D eigenvalue weighted by atomic mass is 9.71. The fourth-order valence-corrected chi connectivity index (χ4v) is 6.42. The van der Waals surface area contributed by atoms with Crippen LogP contribution in [0, 0.1) is 0 Å². The summed E-state index contributed by atoms with van der Waals surface area (Å²) in [5.74, 6) is 1.56. The van der Waals surface area contributed by atoms with Gasteiger partial charge in [0.2, 0.25) is 0 Å². The molecule has 0 saturated heterocycles. The Morgan fingerprint density at radius 3 is 2.58 bits per heavy atom. The molecule has 4 aromatic heterocycles. The monoisotopic (exact) mass is 595 g/mol. The van der Waals surface area contributed by atoms with Crippen LogP contribution < -0.4 is 10.6 Å². The molecule has 45 heavy (non-hydrogen) atoms. The lowest BCUT2D eigenvalue weighted by Crippen LogP contribution is -2.52. The first-order valence-corrected chi connectivity index (χ1v) is 15.3. The molecule has 0 atom stereocenters. The Kier molecular flexibility index (Phi) is 6.06. The molecule has 224 valence electrons. The van der Waals surface area contributed by atoms with Crippen LogP contribution in [-0.4, -0.2) is 36.2 Å². The van der Waals surface area contributed by atoms with Crippen LogP contribution in [0.25, 0.3) is 50.6 Å². The van der Waals surface area contributed by atoms with Gasteiger partial charge in [-0.2, -0.15) is 0 Å². The summed E-state index contributed by atoms with van der Waals surface area (Å²) in [6.45, 7) is 5.64. The number of imidazole rings is 1. The first kappa shape index (κ1) is 27.1. The topological polar surface area (TPSA) is 110 Å². The van der Waals surface area contributed by atoms with Crippen molar-refractivity contribution in [3.63, 3.8) is 0 Å². The first-order chi connectivity index (χ1) is 21.8. The van der Waals surface area contributed by atoms with Gasteiger partial charge in [-0.1, -0.05) is 36.4 Å². The highest BCUT2D eigenvalue weighted by atomic mass is 16.6. The zero-order valence-corrected chi connectivity index (χ0v) is 25.4. The average molecular weight is 596 g/mol. The molecule has 5 heterocycles. The highest BCUT2D eigenvalue weighted by Gasteiger charge is 2.41. The van der Waals surface area contributed by atoms with Gasteiger partial charge in [-0.3, -0.25) is 9.55 Å². The zero-order chi connectivity index (χ0) is 30.8. The quantitative estimate of drug-likeness (QED) is 0.190. The third-order valence-electron chi connectivity index (χ3n) is 8.66. The van der Waals surface area contributed by atoms with Crippen LogP contribution in [0.5, 0.6) is 0 Å². The predicted molar refractivity (Wildman–Crippen MR) is 176 cm³/mol. The fourth-order valence-electron chi connectivity index (χ4n) is 6.42. The van der Waals surface area contributed by atoms with E-state index in [-0.39, 0.29) is 0 Å². The van der Waals surface area contributed by atoms with Crippen LogP contribution in [0.2, 0.25) is 0 Å². The summed E-state index contributed by atoms with van der Waals surface area (Å²) in [5.41, 5.74) is 8.35. The molecule has 0 unspecified atom stereocenters. The number of para-hydroxylation sites is 1. The molecular weight excluding hydrogens is 562 g/mol. The number of alkyl carbamates (subject to hydrolysis) is 1. The third kappa shape index (κ3) is 4.63. The molecule has 1 fully saturated rings. The van der Waals surface area contributed by atoms with Gasteiger partial charge in [-0.15, -0.1) is 0 Å². The van der Waals surface area contributed by atoms with E-state index in [1.165, 1.54) is 0 Å². The van der Waals surface area contributed by atoms with Crippen molar-refractivity contribution < 1.29 is 9.53 Å². The molecule has 1 amide bonds. The van der Waals surface area contributed by atoms with Crippen molar-refractivity contribution in [1.29, 1.82) is 0 Å². The van der Waals surface area contributed by atoms with Crippen molar-refractivity contribution in [1.82, 2.24) is 29.8 Å². The number of ether oxygens (including phenoxy) is 1. The van der Waals surface area contributed by atoms with E-state index < -0.39 is 17.2 Å². The Morgan fingerprint density at radius 1 is 0.978 bits per heavy atom. The number of aromatic amines is 1. The van der Waals surface area contributed by atoms with Gasteiger partial charge in [0.05, 0.1) is 39.3 Å². The molecule has 8 rings (SSSR count). The molecule has 3 N–H and O–H groups in total. The summed E-state index contributed by atoms with van der Waals surface area (Å²) in [6, 6.07) is 24.7. The van der Waals surface area contributed by atoms with Crippen molar-refractivity contribution >= 4 is 28.6 Å². The maximum Gasteiger partial charge on any atom is 0.408 e. The number of rotatable bonds is 4. The number of hydrogen-bond acceptors (Lipinski definition) is 6. The Bertz CT molecular complexity index is 2080. The van der Waals surface area contributed by atoms with Gasteiger partial charge in [-0.05, 0) is 82.0 Å². The standard InChI is InChI=1S/C36H33N7O2/c1-35(2,3)45-34(44)42-36(16-7-17-36)24-13-11-22(12-14-24)31-30(23-20-28-27(39-21-23)15-19-37-28)41-33-25-8-4-5-9-26(25)40-32-29(43(31)33)10-6-18-38-32/h4-6,8-15,18-21,37H,7,16-17H2,1-3H3,(H,38,40)(H,42,44). The van der Waals surface area contributed by atoms with E-state index in [0.717, 1.165) is 87.0 Å². The van der Waals surface area contributed by atoms with Crippen molar-refractivity contribution in [3.05, 3.63) is 97.0 Å². The first-order valence-electron chi connectivity index (χ1n) is 15.3. The number of hydrogen-bond donors (Lipinski definition) is 3. The number of benzene rings is 2. The van der Waals surface area contributed by atoms with Crippen LogP contribution >= 0.6 is 0 Å². The number of nitrogens with zero attached hydrogens (tertiary/aromatic N) is 4. The molecule has 9 heteroatoms. The van der Waals surface area contributed by atoms with Crippen LogP contribution in [0.1, 0.15) is 45.6 Å². The lowest BCUT2D eigenvalue weighted by molar-refractivity contribution is 0.0377. The number of carbonyl (C=O) groups excluding carboxylic acids is 1. The summed E-state index contributed by atoms with van der Waals surface area (Å²) < 4.78 is 7.81. The summed E-state index contributed by atoms with van der Waals surface area (Å²) in [7, 11) is 0. The molecule has 2 aromatic carbocycles. The molecule has 0 spiro atoms. The minimum atomic E-state index is -0.564. The van der Waals surface area contributed by atoms with E-state index >= 15 is 0 Å². The minimum Gasteiger partial charge on any atom is -0.444 e. The molecule has 6 aromatic rings. The average Bonchev–Trinajstić information content (AvgIpc) is 3.61. The van der Waals surface area contributed by atoms with Gasteiger partial charge in [0.25, 0.3) is 0 Å². The molecule has 1 aliphatic carbocycles. The summed E-state index contributed by atoms with van der Waals surface area (Å²) >= 11 is 0. The zero-order valence-electron chi connectivity index (χ0n) is 25.4. The van der Waals surface area contributed by atoms with E-state index in [1.807, 2.05) is 57.4 Å². The van der Waals surface area contributed by atoms with Crippen LogP contribution in [0.4, 0.5) is 16.3 Å². The highest BCUT2D eigenvalue weighted by molar-refractivity contribution is 5.92. The summed E-state index contributed by atoms with van der Waals surface area (Å²) in [5, 5.41) is 6.72. The maximum absolute atomic E-state index is 12.8. The molecule has 9 nitrogen and oxygen atoms in total. The summed E-state index contributed by atoms with van der Waals surface area (Å²) in [6.07, 6.45) is 7.96. The second-order valence-electron chi connectivity index (χ2n) is 12.8. The van der Waals surface area contributed by atoms with Crippen molar-refractivity contribution in [2.24, 2.45) is 0 Å². The third-order valence-corrected chi connectivity index (χ3v) is 8.66. The van der Waals surface area contributed by atoms with Gasteiger partial charge in [0.15, 0.2) is 5.82 Å². The van der Waals surface area contributed by atoms with Crippen molar-refractivity contribution in [2.45, 2.75) is 51.2 Å². The maximum atomic E-state index is 12.8. The highest BCUT2D eigenvalue weighted by Crippen LogP contribution is 2.46. The molecule has 2 aliphatic rings. The minimum absolute atomic E-state index is 0.392. The van der Waals surface area contributed by atoms with Gasteiger partial charge in [0.1, 0.15) is 11.4 Å². The Hall–Kier alpha value is -5.44. The Balaban J connectivity index is 1.31. The van der Waals surface area contributed by atoms with Gasteiger partial charge >= 0.3 is 6.09 Å². The predicted octanol–water partition coefficient (Wildman–Crippen LogP) is 8.11. The van der Waals surface area contributed by atoms with E-state index in [1.54, 1.807) is 6.20 Å². The molecule has 0 radical (unpaired) electrons. The second-order valence-corrected chi connectivity index (χ2v) is 12.8. The van der Waals surface area contributed by atoms with E-state index in [4.69, 9.17) is 19.7 Å². The van der Waals surface area contributed by atoms with Crippen molar-refractivity contribution in [2.75, 3.05) is 5.32 Å². The molecule has 1 aliphatic heterocycles.